The lowest BCUT2D eigenvalue weighted by atomic mass is 9.71. The van der Waals surface area contributed by atoms with Crippen LogP contribution >= 0.6 is 11.6 Å². The lowest BCUT2D eigenvalue weighted by molar-refractivity contribution is -0.127. The number of hydrogen-bond acceptors (Lipinski definition) is 5. The molecule has 1 saturated heterocycles. The van der Waals surface area contributed by atoms with E-state index in [-0.39, 0.29) is 28.6 Å². The molecule has 8 nitrogen and oxygen atoms in total. The highest BCUT2D eigenvalue weighted by Crippen LogP contribution is 2.47. The number of nitrogens with one attached hydrogen (secondary N) is 1. The first-order valence-electron chi connectivity index (χ1n) is 11.8. The van der Waals surface area contributed by atoms with Gasteiger partial charge >= 0.3 is 0 Å². The molecule has 2 aliphatic rings. The Balaban J connectivity index is 1.27. The molecule has 36 heavy (non-hydrogen) atoms. The average molecular weight is 518 g/mol. The molecule has 0 radical (unpaired) electrons. The summed E-state index contributed by atoms with van der Waals surface area (Å²) in [6, 6.07) is 3.49. The van der Waals surface area contributed by atoms with E-state index in [1.165, 1.54) is 11.1 Å². The molecule has 1 saturated carbocycles. The van der Waals surface area contributed by atoms with Crippen LogP contribution in [-0.2, 0) is 16.1 Å². The Morgan fingerprint density at radius 1 is 1.25 bits per heavy atom. The number of rotatable bonds is 5. The Morgan fingerprint density at radius 2 is 2.00 bits per heavy atom. The molecule has 2 fully saturated rings. The van der Waals surface area contributed by atoms with Crippen LogP contribution < -0.4 is 10.2 Å². The van der Waals surface area contributed by atoms with E-state index in [0.717, 1.165) is 17.8 Å². The van der Waals surface area contributed by atoms with Crippen molar-refractivity contribution in [3.8, 4) is 0 Å². The predicted octanol–water partition coefficient (Wildman–Crippen LogP) is 4.21. The standard InChI is InChI=1S/C25H26ClF2N5O3/c1-14-9-17(13-36-2)30-22-18(12-29-33(14)22)23(34)31-16-3-5-25(6-4-16)7-8-32(24(25)35)21-19(26)10-15(27)11-20(21)28/h9-12,16H,3-8,13H2,1-2H3,(H,31,34). The van der Waals surface area contributed by atoms with Gasteiger partial charge in [-0.25, -0.2) is 18.3 Å². The maximum absolute atomic E-state index is 14.5. The molecule has 1 N–H and O–H groups in total. The van der Waals surface area contributed by atoms with Gasteiger partial charge in [0, 0.05) is 31.5 Å². The van der Waals surface area contributed by atoms with E-state index >= 15 is 0 Å². The van der Waals surface area contributed by atoms with Crippen LogP contribution in [0.3, 0.4) is 0 Å². The number of carbonyl (C=O) groups is 2. The van der Waals surface area contributed by atoms with E-state index < -0.39 is 17.0 Å². The van der Waals surface area contributed by atoms with Crippen molar-refractivity contribution >= 4 is 34.7 Å². The number of aromatic nitrogens is 3. The van der Waals surface area contributed by atoms with Gasteiger partial charge in [-0.3, -0.25) is 9.59 Å². The van der Waals surface area contributed by atoms with Crippen LogP contribution in [0.15, 0.2) is 24.4 Å². The van der Waals surface area contributed by atoms with Gasteiger partial charge < -0.3 is 15.0 Å². The van der Waals surface area contributed by atoms with Crippen molar-refractivity contribution in [2.24, 2.45) is 5.41 Å². The summed E-state index contributed by atoms with van der Waals surface area (Å²) in [4.78, 5) is 32.3. The van der Waals surface area contributed by atoms with Crippen LogP contribution in [-0.4, -0.2) is 46.1 Å². The zero-order valence-electron chi connectivity index (χ0n) is 20.0. The van der Waals surface area contributed by atoms with Gasteiger partial charge in [0.25, 0.3) is 5.91 Å². The number of fused-ring (bicyclic) bond motifs is 1. The Morgan fingerprint density at radius 3 is 2.69 bits per heavy atom. The Hall–Kier alpha value is -3.11. The highest BCUT2D eigenvalue weighted by molar-refractivity contribution is 6.34. The van der Waals surface area contributed by atoms with E-state index in [1.807, 2.05) is 13.0 Å². The number of ether oxygens (including phenoxy) is 1. The zero-order chi connectivity index (χ0) is 25.6. The normalized spacial score (nSPS) is 22.1. The summed E-state index contributed by atoms with van der Waals surface area (Å²) in [5.41, 5.74) is 1.68. The number of hydrogen-bond donors (Lipinski definition) is 1. The molecular weight excluding hydrogens is 492 g/mol. The smallest absolute Gasteiger partial charge is 0.256 e. The number of halogens is 3. The number of nitrogens with zero attached hydrogens (tertiary/aromatic N) is 4. The highest BCUT2D eigenvalue weighted by Gasteiger charge is 2.49. The number of aryl methyl sites for hydroxylation is 1. The first-order chi connectivity index (χ1) is 17.2. The molecule has 2 amide bonds. The average Bonchev–Trinajstić information content (AvgIpc) is 3.38. The maximum Gasteiger partial charge on any atom is 0.256 e. The molecule has 1 aliphatic heterocycles. The minimum Gasteiger partial charge on any atom is -0.378 e. The van der Waals surface area contributed by atoms with Crippen LogP contribution in [0, 0.1) is 24.0 Å². The Labute approximate surface area is 211 Å². The molecule has 0 unspecified atom stereocenters. The maximum atomic E-state index is 14.5. The fraction of sp³-hybridized carbons (Fsp3) is 0.440. The van der Waals surface area contributed by atoms with Crippen molar-refractivity contribution in [3.63, 3.8) is 0 Å². The Kier molecular flexibility index (Phi) is 6.42. The molecule has 11 heteroatoms. The number of carbonyl (C=O) groups excluding carboxylic acids is 2. The molecule has 190 valence electrons. The van der Waals surface area contributed by atoms with Gasteiger partial charge in [0.1, 0.15) is 11.4 Å². The first kappa shape index (κ1) is 24.6. The SMILES string of the molecule is COCc1cc(C)n2ncc(C(=O)NC3CCC4(CC3)CCN(c3c(F)cc(F)cc3Cl)C4=O)c2n1. The van der Waals surface area contributed by atoms with Crippen LogP contribution in [0.4, 0.5) is 14.5 Å². The van der Waals surface area contributed by atoms with Crippen molar-refractivity contribution in [3.05, 3.63) is 58.0 Å². The van der Waals surface area contributed by atoms with Crippen LogP contribution in [0.2, 0.25) is 5.02 Å². The van der Waals surface area contributed by atoms with Gasteiger partial charge in [-0.2, -0.15) is 5.10 Å². The van der Waals surface area contributed by atoms with Gasteiger partial charge in [0.2, 0.25) is 5.91 Å². The summed E-state index contributed by atoms with van der Waals surface area (Å²) in [6.45, 7) is 2.53. The number of anilines is 1. The van der Waals surface area contributed by atoms with Gasteiger partial charge in [-0.15, -0.1) is 0 Å². The fourth-order valence-electron chi connectivity index (χ4n) is 5.43. The van der Waals surface area contributed by atoms with Crippen LogP contribution in [0.5, 0.6) is 0 Å². The second-order valence-corrected chi connectivity index (χ2v) is 9.98. The summed E-state index contributed by atoms with van der Waals surface area (Å²) in [5, 5.41) is 7.24. The van der Waals surface area contributed by atoms with Crippen molar-refractivity contribution in [2.75, 3.05) is 18.6 Å². The monoisotopic (exact) mass is 517 g/mol. The minimum absolute atomic E-state index is 0.0703. The van der Waals surface area contributed by atoms with Crippen molar-refractivity contribution in [1.82, 2.24) is 19.9 Å². The van der Waals surface area contributed by atoms with Crippen molar-refractivity contribution < 1.29 is 23.1 Å². The first-order valence-corrected chi connectivity index (χ1v) is 12.2. The molecular formula is C25H26ClF2N5O3. The Bertz CT molecular complexity index is 1330. The van der Waals surface area contributed by atoms with Gasteiger partial charge in [-0.1, -0.05) is 11.6 Å². The van der Waals surface area contributed by atoms with E-state index in [1.54, 1.807) is 11.6 Å². The van der Waals surface area contributed by atoms with Crippen LogP contribution in [0.25, 0.3) is 5.65 Å². The lowest BCUT2D eigenvalue weighted by Gasteiger charge is -2.36. The second-order valence-electron chi connectivity index (χ2n) is 9.57. The highest BCUT2D eigenvalue weighted by atomic mass is 35.5. The molecule has 3 heterocycles. The number of benzene rings is 1. The van der Waals surface area contributed by atoms with E-state index in [0.29, 0.717) is 62.2 Å². The molecule has 1 aromatic carbocycles. The van der Waals surface area contributed by atoms with Gasteiger partial charge in [0.05, 0.1) is 34.6 Å². The van der Waals surface area contributed by atoms with Crippen LogP contribution in [0.1, 0.15) is 53.8 Å². The van der Waals surface area contributed by atoms with E-state index in [4.69, 9.17) is 16.3 Å². The lowest BCUT2D eigenvalue weighted by Crippen LogP contribution is -2.44. The second kappa shape index (κ2) is 9.40. The largest absolute Gasteiger partial charge is 0.378 e. The van der Waals surface area contributed by atoms with Crippen molar-refractivity contribution in [1.29, 1.82) is 0 Å². The van der Waals surface area contributed by atoms with Gasteiger partial charge in [0.15, 0.2) is 11.5 Å². The number of amides is 2. The zero-order valence-corrected chi connectivity index (χ0v) is 20.7. The van der Waals surface area contributed by atoms with E-state index in [9.17, 15) is 18.4 Å². The summed E-state index contributed by atoms with van der Waals surface area (Å²) in [7, 11) is 1.58. The molecule has 3 aromatic rings. The third-order valence-corrected chi connectivity index (χ3v) is 7.57. The summed E-state index contributed by atoms with van der Waals surface area (Å²) in [5.74, 6) is -2.11. The topological polar surface area (TPSA) is 88.8 Å². The molecule has 5 rings (SSSR count). The van der Waals surface area contributed by atoms with E-state index in [2.05, 4.69) is 15.4 Å². The number of methoxy groups -OCH3 is 1. The predicted molar refractivity (Wildman–Crippen MR) is 129 cm³/mol. The molecule has 1 aliphatic carbocycles. The molecule has 1 spiro atoms. The minimum atomic E-state index is -0.850. The summed E-state index contributed by atoms with van der Waals surface area (Å²) >= 11 is 6.08. The third-order valence-electron chi connectivity index (χ3n) is 7.28. The third kappa shape index (κ3) is 4.22. The summed E-state index contributed by atoms with van der Waals surface area (Å²) in [6.07, 6.45) is 4.37. The molecule has 0 bridgehead atoms. The van der Waals surface area contributed by atoms with Gasteiger partial charge in [-0.05, 0) is 51.2 Å². The fourth-order valence-corrected chi connectivity index (χ4v) is 5.72. The summed E-state index contributed by atoms with van der Waals surface area (Å²) < 4.78 is 34.7. The van der Waals surface area contributed by atoms with Crippen molar-refractivity contribution in [2.45, 2.75) is 51.7 Å². The molecule has 0 atom stereocenters. The quantitative estimate of drug-likeness (QED) is 0.547. The molecule has 2 aromatic heterocycles.